The largest absolute Gasteiger partial charge is 0.310 e. The predicted octanol–water partition coefficient (Wildman–Crippen LogP) is 23.9. The third kappa shape index (κ3) is 8.83. The summed E-state index contributed by atoms with van der Waals surface area (Å²) in [4.78, 5) is 2.43. The highest BCUT2D eigenvalue weighted by molar-refractivity contribution is 6.14. The summed E-state index contributed by atoms with van der Waals surface area (Å²) in [7, 11) is 0. The van der Waals surface area contributed by atoms with Gasteiger partial charge in [0.1, 0.15) is 0 Å². The van der Waals surface area contributed by atoms with Gasteiger partial charge in [-0.2, -0.15) is 0 Å². The molecule has 0 aliphatic carbocycles. The lowest BCUT2D eigenvalue weighted by Gasteiger charge is -2.28. The molecule has 4 heteroatoms. The van der Waals surface area contributed by atoms with E-state index in [0.717, 1.165) is 50.8 Å². The van der Waals surface area contributed by atoms with Crippen molar-refractivity contribution in [3.63, 3.8) is 0 Å². The second-order valence-corrected chi connectivity index (χ2v) is 24.0. The van der Waals surface area contributed by atoms with Crippen LogP contribution in [0.3, 0.4) is 0 Å². The summed E-state index contributed by atoms with van der Waals surface area (Å²) in [5.41, 5.74) is 25.7. The first kappa shape index (κ1) is 52.8. The Hall–Kier alpha value is -12.2. The summed E-state index contributed by atoms with van der Waals surface area (Å²) in [6.07, 6.45) is 0. The Morgan fingerprint density at radius 2 is 0.478 bits per heavy atom. The quantitative estimate of drug-likeness (QED) is 0.126. The fourth-order valence-electron chi connectivity index (χ4n) is 14.5. The number of benzene rings is 15. The van der Waals surface area contributed by atoms with Gasteiger partial charge in [-0.3, -0.25) is 0 Å². The van der Waals surface area contributed by atoms with Crippen molar-refractivity contribution in [2.45, 2.75) is 0 Å². The first-order valence-electron chi connectivity index (χ1n) is 31.6. The number of fused-ring (bicyclic) bond motifs is 10. The van der Waals surface area contributed by atoms with Crippen LogP contribution in [-0.4, -0.2) is 13.7 Å². The maximum atomic E-state index is 2.43. The molecule has 0 fully saturated rings. The van der Waals surface area contributed by atoms with Crippen LogP contribution in [0.2, 0.25) is 0 Å². The van der Waals surface area contributed by atoms with Gasteiger partial charge in [0.25, 0.3) is 0 Å². The number of anilines is 3. The molecule has 0 saturated heterocycles. The van der Waals surface area contributed by atoms with Crippen molar-refractivity contribution in [1.82, 2.24) is 13.7 Å². The van der Waals surface area contributed by atoms with Crippen molar-refractivity contribution in [2.75, 3.05) is 4.90 Å². The Morgan fingerprint density at radius 3 is 0.946 bits per heavy atom. The van der Waals surface area contributed by atoms with Gasteiger partial charge < -0.3 is 18.6 Å². The highest BCUT2D eigenvalue weighted by atomic mass is 15.1. The number of hydrogen-bond acceptors (Lipinski definition) is 1. The maximum Gasteiger partial charge on any atom is 0.0547 e. The minimum atomic E-state index is 1.07. The van der Waals surface area contributed by atoms with Crippen LogP contribution in [-0.2, 0) is 0 Å². The standard InChI is InChI=1S/C88H58N4/c1-4-18-68(19-5-1)90-83-30-16-13-27-77(83)80-56-65(45-53-86(80)90)63-36-32-59(33-37-63)61-40-47-71(48-41-61)89(85-55-52-73(74-24-10-11-25-75(74)85)67-46-54-87-81(57-67)78-28-14-17-31-84(78)91(87)69-20-6-2-7-21-69)72-49-42-62(43-50-72)60-34-38-64(39-35-60)66-44-51-79-76-26-12-15-29-82(76)92(88(79)58-66)70-22-8-3-9-23-70/h1-58H. The topological polar surface area (TPSA) is 18.0 Å². The number of aromatic nitrogens is 3. The van der Waals surface area contributed by atoms with Crippen molar-refractivity contribution < 1.29 is 0 Å². The monoisotopic (exact) mass is 1170 g/mol. The van der Waals surface area contributed by atoms with E-state index in [4.69, 9.17) is 0 Å². The zero-order valence-corrected chi connectivity index (χ0v) is 50.3. The normalized spacial score (nSPS) is 11.7. The second kappa shape index (κ2) is 21.8. The Bertz CT molecular complexity index is 5820. The molecule has 3 aromatic heterocycles. The van der Waals surface area contributed by atoms with Crippen LogP contribution in [0.15, 0.2) is 352 Å². The van der Waals surface area contributed by atoms with E-state index in [1.807, 2.05) is 0 Å². The number of para-hydroxylation sites is 6. The van der Waals surface area contributed by atoms with Gasteiger partial charge in [0.05, 0.1) is 38.8 Å². The molecule has 0 radical (unpaired) electrons. The summed E-state index contributed by atoms with van der Waals surface area (Å²) < 4.78 is 7.15. The molecule has 0 spiro atoms. The fraction of sp³-hybridized carbons (Fsp3) is 0. The van der Waals surface area contributed by atoms with Gasteiger partial charge in [-0.15, -0.1) is 0 Å². The minimum Gasteiger partial charge on any atom is -0.310 e. The first-order valence-corrected chi connectivity index (χ1v) is 31.6. The number of hydrogen-bond donors (Lipinski definition) is 0. The molecule has 0 amide bonds. The van der Waals surface area contributed by atoms with Crippen molar-refractivity contribution in [1.29, 1.82) is 0 Å². The summed E-state index contributed by atoms with van der Waals surface area (Å²) >= 11 is 0. The molecular formula is C88H58N4. The maximum absolute atomic E-state index is 2.43. The lowest BCUT2D eigenvalue weighted by atomic mass is 9.95. The lowest BCUT2D eigenvalue weighted by molar-refractivity contribution is 1.18. The van der Waals surface area contributed by atoms with Gasteiger partial charge in [0, 0.05) is 66.1 Å². The Morgan fingerprint density at radius 1 is 0.174 bits per heavy atom. The molecule has 0 unspecified atom stereocenters. The van der Waals surface area contributed by atoms with E-state index in [-0.39, 0.29) is 0 Å². The van der Waals surface area contributed by atoms with Crippen molar-refractivity contribution in [3.8, 4) is 72.7 Å². The first-order chi connectivity index (χ1) is 45.6. The molecule has 3 heterocycles. The zero-order valence-electron chi connectivity index (χ0n) is 50.3. The van der Waals surface area contributed by atoms with Crippen LogP contribution >= 0.6 is 0 Å². The molecule has 15 aromatic carbocycles. The summed E-state index contributed by atoms with van der Waals surface area (Å²) in [5, 5.41) is 9.83. The van der Waals surface area contributed by atoms with Crippen molar-refractivity contribution in [2.24, 2.45) is 0 Å². The second-order valence-electron chi connectivity index (χ2n) is 24.0. The van der Waals surface area contributed by atoms with Crippen LogP contribution in [0.5, 0.6) is 0 Å². The number of nitrogens with zero attached hydrogens (tertiary/aromatic N) is 4. The molecule has 0 bridgehead atoms. The Balaban J connectivity index is 0.702. The van der Waals surface area contributed by atoms with Gasteiger partial charge in [0.2, 0.25) is 0 Å². The molecule has 0 atom stereocenters. The molecule has 18 rings (SSSR count). The summed E-state index contributed by atoms with van der Waals surface area (Å²) in [5.74, 6) is 0. The summed E-state index contributed by atoms with van der Waals surface area (Å²) in [6, 6.07) is 129. The lowest BCUT2D eigenvalue weighted by Crippen LogP contribution is -2.10. The zero-order chi connectivity index (χ0) is 60.6. The Kier molecular flexibility index (Phi) is 12.5. The predicted molar refractivity (Wildman–Crippen MR) is 389 cm³/mol. The highest BCUT2D eigenvalue weighted by Gasteiger charge is 2.21. The minimum absolute atomic E-state index is 1.07. The molecule has 18 aromatic rings. The van der Waals surface area contributed by atoms with E-state index in [1.54, 1.807) is 0 Å². The van der Waals surface area contributed by atoms with Gasteiger partial charge in [-0.25, -0.2) is 0 Å². The van der Waals surface area contributed by atoms with Gasteiger partial charge in [-0.05, 0) is 176 Å². The van der Waals surface area contributed by atoms with E-state index in [2.05, 4.69) is 370 Å². The smallest absolute Gasteiger partial charge is 0.0547 e. The third-order valence-corrected chi connectivity index (χ3v) is 18.9. The van der Waals surface area contributed by atoms with Crippen LogP contribution in [0.1, 0.15) is 0 Å². The molecule has 0 aliphatic rings. The van der Waals surface area contributed by atoms with E-state index in [1.165, 1.54) is 115 Å². The van der Waals surface area contributed by atoms with Gasteiger partial charge in [0.15, 0.2) is 0 Å². The summed E-state index contributed by atoms with van der Waals surface area (Å²) in [6.45, 7) is 0. The van der Waals surface area contributed by atoms with E-state index >= 15 is 0 Å². The molecule has 0 saturated carbocycles. The van der Waals surface area contributed by atoms with Crippen LogP contribution < -0.4 is 4.90 Å². The molecule has 92 heavy (non-hydrogen) atoms. The van der Waals surface area contributed by atoms with Crippen LogP contribution in [0, 0.1) is 0 Å². The van der Waals surface area contributed by atoms with E-state index in [0.29, 0.717) is 0 Å². The van der Waals surface area contributed by atoms with E-state index in [9.17, 15) is 0 Å². The average Bonchev–Trinajstić information content (AvgIpc) is 1.53. The molecule has 0 N–H and O–H groups in total. The van der Waals surface area contributed by atoms with Crippen molar-refractivity contribution in [3.05, 3.63) is 352 Å². The fourth-order valence-corrected chi connectivity index (χ4v) is 14.5. The SMILES string of the molecule is c1ccc(-n2c3ccccc3c3cc(-c4ccc(-c5ccc(N(c6ccc(-c7ccc(-c8ccc9c%10ccccc%10n(-c%10ccccc%10)c9c8)cc7)cc6)c6ccc(-c7ccc8c(c7)c7ccccc7n8-c7ccccc7)c7ccccc67)cc5)cc4)ccc32)cc1. The molecule has 0 aliphatic heterocycles. The van der Waals surface area contributed by atoms with Crippen molar-refractivity contribution >= 4 is 93.3 Å². The molecule has 430 valence electrons. The van der Waals surface area contributed by atoms with Crippen LogP contribution in [0.25, 0.3) is 149 Å². The number of rotatable bonds is 11. The average molecular weight is 1170 g/mol. The van der Waals surface area contributed by atoms with Gasteiger partial charge in [-0.1, -0.05) is 237 Å². The molecule has 4 nitrogen and oxygen atoms in total. The van der Waals surface area contributed by atoms with Crippen LogP contribution in [0.4, 0.5) is 17.1 Å². The third-order valence-electron chi connectivity index (χ3n) is 18.9. The molecular weight excluding hydrogens is 1110 g/mol. The van der Waals surface area contributed by atoms with E-state index < -0.39 is 0 Å². The van der Waals surface area contributed by atoms with Gasteiger partial charge >= 0.3 is 0 Å². The highest BCUT2D eigenvalue weighted by Crippen LogP contribution is 2.45. The Labute approximate surface area is 533 Å².